The minimum atomic E-state index is -0.811. The average molecular weight is 272 g/mol. The average Bonchev–Trinajstić information content (AvgIpc) is 2.87. The van der Waals surface area contributed by atoms with Crippen LogP contribution in [0.2, 0.25) is 0 Å². The number of rotatable bonds is 2. The Labute approximate surface area is 113 Å². The van der Waals surface area contributed by atoms with Gasteiger partial charge in [0.25, 0.3) is 5.91 Å². The van der Waals surface area contributed by atoms with Crippen molar-refractivity contribution in [1.29, 1.82) is 0 Å². The van der Waals surface area contributed by atoms with E-state index in [1.807, 2.05) is 12.1 Å². The van der Waals surface area contributed by atoms with E-state index in [-0.39, 0.29) is 5.69 Å². The van der Waals surface area contributed by atoms with Crippen molar-refractivity contribution in [2.45, 2.75) is 0 Å². The zero-order valence-electron chi connectivity index (χ0n) is 10.3. The van der Waals surface area contributed by atoms with Crippen molar-refractivity contribution in [2.24, 2.45) is 0 Å². The molecule has 3 aromatic rings. The number of carbonyl (C=O) groups is 1. The van der Waals surface area contributed by atoms with E-state index >= 15 is 0 Å². The normalized spacial score (nSPS) is 10.7. The molecule has 2 aromatic carbocycles. The molecule has 0 bridgehead atoms. The van der Waals surface area contributed by atoms with Crippen LogP contribution in [0, 0.1) is 11.6 Å². The highest BCUT2D eigenvalue weighted by atomic mass is 19.1. The molecule has 0 aliphatic rings. The van der Waals surface area contributed by atoms with Gasteiger partial charge in [0.15, 0.2) is 0 Å². The number of nitrogens with one attached hydrogen (secondary N) is 2. The van der Waals surface area contributed by atoms with Gasteiger partial charge in [-0.1, -0.05) is 30.3 Å². The molecular weight excluding hydrogens is 262 g/mol. The van der Waals surface area contributed by atoms with Gasteiger partial charge < -0.3 is 10.3 Å². The van der Waals surface area contributed by atoms with Crippen molar-refractivity contribution in [1.82, 2.24) is 4.98 Å². The van der Waals surface area contributed by atoms with Gasteiger partial charge in [-0.2, -0.15) is 0 Å². The molecule has 0 spiro atoms. The topological polar surface area (TPSA) is 44.9 Å². The number of hydrogen-bond donors (Lipinski definition) is 2. The third-order valence-corrected chi connectivity index (χ3v) is 3.03. The summed E-state index contributed by atoms with van der Waals surface area (Å²) in [6.45, 7) is 0. The lowest BCUT2D eigenvalue weighted by Gasteiger charge is -2.06. The molecule has 1 heterocycles. The molecule has 0 fully saturated rings. The van der Waals surface area contributed by atoms with Crippen LogP contribution in [0.25, 0.3) is 10.8 Å². The second kappa shape index (κ2) is 4.77. The maximum absolute atomic E-state index is 13.5. The van der Waals surface area contributed by atoms with Crippen molar-refractivity contribution in [3.05, 3.63) is 66.0 Å². The van der Waals surface area contributed by atoms with Crippen LogP contribution in [0.15, 0.2) is 48.7 Å². The molecule has 3 nitrogen and oxygen atoms in total. The van der Waals surface area contributed by atoms with E-state index in [2.05, 4.69) is 10.3 Å². The molecule has 2 N–H and O–H groups in total. The van der Waals surface area contributed by atoms with E-state index in [0.29, 0.717) is 5.39 Å². The number of amides is 1. The SMILES string of the molecule is O=C(Nc1c(F)cccc1F)c1[nH]cc2ccccc12. The molecule has 5 heteroatoms. The summed E-state index contributed by atoms with van der Waals surface area (Å²) < 4.78 is 27.0. The van der Waals surface area contributed by atoms with Gasteiger partial charge in [-0.3, -0.25) is 4.79 Å². The molecule has 3 rings (SSSR count). The van der Waals surface area contributed by atoms with Gasteiger partial charge in [0.2, 0.25) is 0 Å². The Morgan fingerprint density at radius 1 is 1.00 bits per heavy atom. The fourth-order valence-electron chi connectivity index (χ4n) is 2.06. The number of fused-ring (bicyclic) bond motifs is 1. The molecule has 100 valence electrons. The Balaban J connectivity index is 1.98. The second-order valence-electron chi connectivity index (χ2n) is 4.30. The van der Waals surface area contributed by atoms with Crippen molar-refractivity contribution >= 4 is 22.4 Å². The predicted molar refractivity (Wildman–Crippen MR) is 72.6 cm³/mol. The maximum Gasteiger partial charge on any atom is 0.272 e. The Kier molecular flexibility index (Phi) is 2.95. The van der Waals surface area contributed by atoms with Gasteiger partial charge in [0.05, 0.1) is 0 Å². The summed E-state index contributed by atoms with van der Waals surface area (Å²) in [5, 5.41) is 3.80. The first kappa shape index (κ1) is 12.3. The molecule has 0 atom stereocenters. The first-order chi connectivity index (χ1) is 9.66. The van der Waals surface area contributed by atoms with E-state index in [1.54, 1.807) is 18.3 Å². The highest BCUT2D eigenvalue weighted by Gasteiger charge is 2.16. The third-order valence-electron chi connectivity index (χ3n) is 3.03. The van der Waals surface area contributed by atoms with Crippen LogP contribution in [-0.4, -0.2) is 10.9 Å². The lowest BCUT2D eigenvalue weighted by Crippen LogP contribution is -2.15. The van der Waals surface area contributed by atoms with Crippen LogP contribution in [0.4, 0.5) is 14.5 Å². The van der Waals surface area contributed by atoms with Gasteiger partial charge in [-0.15, -0.1) is 0 Å². The summed E-state index contributed by atoms with van der Waals surface area (Å²) >= 11 is 0. The summed E-state index contributed by atoms with van der Waals surface area (Å²) in [4.78, 5) is 14.9. The number of carbonyl (C=O) groups excluding carboxylic acids is 1. The van der Waals surface area contributed by atoms with E-state index in [4.69, 9.17) is 0 Å². The Morgan fingerprint density at radius 2 is 1.70 bits per heavy atom. The number of benzene rings is 2. The standard InChI is InChI=1S/C15H10F2N2O/c16-11-6-3-7-12(17)14(11)19-15(20)13-10-5-2-1-4-9(10)8-18-13/h1-8,18H,(H,19,20). The summed E-state index contributed by atoms with van der Waals surface area (Å²) in [5.41, 5.74) is -0.181. The first-order valence-corrected chi connectivity index (χ1v) is 5.98. The molecule has 20 heavy (non-hydrogen) atoms. The van der Waals surface area contributed by atoms with E-state index in [9.17, 15) is 13.6 Å². The second-order valence-corrected chi connectivity index (χ2v) is 4.30. The number of aromatic nitrogens is 1. The zero-order chi connectivity index (χ0) is 14.1. The third kappa shape index (κ3) is 2.03. The van der Waals surface area contributed by atoms with E-state index in [0.717, 1.165) is 17.5 Å². The van der Waals surface area contributed by atoms with E-state index < -0.39 is 23.2 Å². The summed E-state index contributed by atoms with van der Waals surface area (Å²) in [5.74, 6) is -2.21. The van der Waals surface area contributed by atoms with Crippen molar-refractivity contribution < 1.29 is 13.6 Å². The number of hydrogen-bond acceptors (Lipinski definition) is 1. The van der Waals surface area contributed by atoms with Crippen molar-refractivity contribution in [3.8, 4) is 0 Å². The molecule has 0 saturated heterocycles. The Bertz CT molecular complexity index is 775. The summed E-state index contributed by atoms with van der Waals surface area (Å²) in [7, 11) is 0. The molecular formula is C15H10F2N2O. The van der Waals surface area contributed by atoms with Crippen LogP contribution >= 0.6 is 0 Å². The molecule has 0 unspecified atom stereocenters. The fourth-order valence-corrected chi connectivity index (χ4v) is 2.06. The molecule has 0 radical (unpaired) electrons. The van der Waals surface area contributed by atoms with Crippen LogP contribution in [0.3, 0.4) is 0 Å². The predicted octanol–water partition coefficient (Wildman–Crippen LogP) is 3.70. The number of para-hydroxylation sites is 1. The molecule has 0 aliphatic heterocycles. The van der Waals surface area contributed by atoms with Crippen LogP contribution in [0.1, 0.15) is 10.5 Å². The maximum atomic E-state index is 13.5. The summed E-state index contributed by atoms with van der Waals surface area (Å²) in [6.07, 6.45) is 1.67. The van der Waals surface area contributed by atoms with Crippen molar-refractivity contribution in [2.75, 3.05) is 5.32 Å². The number of aromatic amines is 1. The van der Waals surface area contributed by atoms with Crippen LogP contribution < -0.4 is 5.32 Å². The molecule has 0 saturated carbocycles. The largest absolute Gasteiger partial charge is 0.356 e. The Morgan fingerprint density at radius 3 is 2.45 bits per heavy atom. The highest BCUT2D eigenvalue weighted by molar-refractivity contribution is 6.12. The number of halogens is 2. The van der Waals surface area contributed by atoms with Gasteiger partial charge in [-0.05, 0) is 17.5 Å². The molecule has 1 amide bonds. The molecule has 1 aromatic heterocycles. The number of anilines is 1. The minimum Gasteiger partial charge on any atom is -0.356 e. The van der Waals surface area contributed by atoms with Crippen LogP contribution in [0.5, 0.6) is 0 Å². The molecule has 0 aliphatic carbocycles. The van der Waals surface area contributed by atoms with Gasteiger partial charge in [0.1, 0.15) is 23.0 Å². The monoisotopic (exact) mass is 272 g/mol. The van der Waals surface area contributed by atoms with E-state index in [1.165, 1.54) is 6.07 Å². The lowest BCUT2D eigenvalue weighted by atomic mass is 10.2. The Hall–Kier alpha value is -2.69. The fraction of sp³-hybridized carbons (Fsp3) is 0. The van der Waals surface area contributed by atoms with Gasteiger partial charge in [-0.25, -0.2) is 8.78 Å². The van der Waals surface area contributed by atoms with Crippen molar-refractivity contribution in [3.63, 3.8) is 0 Å². The first-order valence-electron chi connectivity index (χ1n) is 5.98. The highest BCUT2D eigenvalue weighted by Crippen LogP contribution is 2.22. The van der Waals surface area contributed by atoms with Gasteiger partial charge in [0, 0.05) is 11.6 Å². The quantitative estimate of drug-likeness (QED) is 0.734. The summed E-state index contributed by atoms with van der Waals surface area (Å²) in [6, 6.07) is 10.6. The minimum absolute atomic E-state index is 0.267. The smallest absolute Gasteiger partial charge is 0.272 e. The van der Waals surface area contributed by atoms with Gasteiger partial charge >= 0.3 is 0 Å². The number of H-pyrrole nitrogens is 1. The lowest BCUT2D eigenvalue weighted by molar-refractivity contribution is 0.102. The van der Waals surface area contributed by atoms with Crippen LogP contribution in [-0.2, 0) is 0 Å². The zero-order valence-corrected chi connectivity index (χ0v) is 10.3.